The van der Waals surface area contributed by atoms with Gasteiger partial charge in [0.2, 0.25) is 5.91 Å². The first-order valence-electron chi connectivity index (χ1n) is 8.17. The number of carbonyl (C=O) groups is 1. The lowest BCUT2D eigenvalue weighted by molar-refractivity contribution is -0.137. The van der Waals surface area contributed by atoms with E-state index in [2.05, 4.69) is 20.2 Å². The van der Waals surface area contributed by atoms with Crippen molar-refractivity contribution in [1.82, 2.24) is 9.97 Å². The summed E-state index contributed by atoms with van der Waals surface area (Å²) in [7, 11) is 0. The molecule has 0 bridgehead atoms. The van der Waals surface area contributed by atoms with Crippen molar-refractivity contribution in [2.24, 2.45) is 0 Å². The Hall–Kier alpha value is -2.33. The molecule has 27 heavy (non-hydrogen) atoms. The van der Waals surface area contributed by atoms with Crippen molar-refractivity contribution in [2.75, 3.05) is 42.3 Å². The van der Waals surface area contributed by atoms with Gasteiger partial charge in [0.05, 0.1) is 30.2 Å². The molecular weight excluding hydrogens is 381 g/mol. The number of thioether (sulfide) groups is 1. The Labute approximate surface area is 158 Å². The van der Waals surface area contributed by atoms with Gasteiger partial charge in [-0.1, -0.05) is 23.9 Å². The number of hydrogen-bond acceptors (Lipinski definition) is 6. The van der Waals surface area contributed by atoms with Crippen molar-refractivity contribution < 1.29 is 22.7 Å². The highest BCUT2D eigenvalue weighted by Gasteiger charge is 2.33. The Morgan fingerprint density at radius 1 is 1.22 bits per heavy atom. The van der Waals surface area contributed by atoms with E-state index < -0.39 is 17.6 Å². The van der Waals surface area contributed by atoms with Crippen LogP contribution in [0.1, 0.15) is 5.56 Å². The number of anilines is 2. The van der Waals surface area contributed by atoms with E-state index in [1.54, 1.807) is 6.07 Å². The molecule has 0 atom stereocenters. The number of nitrogens with one attached hydrogen (secondary N) is 1. The summed E-state index contributed by atoms with van der Waals surface area (Å²) in [5.74, 6) is 0.132. The van der Waals surface area contributed by atoms with E-state index in [1.165, 1.54) is 24.5 Å². The molecule has 1 saturated heterocycles. The fourth-order valence-corrected chi connectivity index (χ4v) is 3.20. The second kappa shape index (κ2) is 8.57. The van der Waals surface area contributed by atoms with Crippen molar-refractivity contribution >= 4 is 29.2 Å². The summed E-state index contributed by atoms with van der Waals surface area (Å²) in [6.07, 6.45) is -3.12. The zero-order valence-electron chi connectivity index (χ0n) is 14.2. The number of alkyl halides is 3. The van der Waals surface area contributed by atoms with Crippen LogP contribution in [0.4, 0.5) is 24.7 Å². The maximum atomic E-state index is 13.0. The standard InChI is InChI=1S/C17H17F3N4O2S/c18-17(19,20)12-3-1-2-4-13(12)23-15(25)10-27-16-9-14(21-11-22-16)24-5-7-26-8-6-24/h1-4,9,11H,5-8,10H2,(H,23,25). The maximum Gasteiger partial charge on any atom is 0.418 e. The fourth-order valence-electron chi connectivity index (χ4n) is 2.54. The molecule has 1 aliphatic rings. The minimum absolute atomic E-state index is 0.0637. The average Bonchev–Trinajstić information content (AvgIpc) is 2.67. The molecule has 6 nitrogen and oxygen atoms in total. The Morgan fingerprint density at radius 3 is 2.70 bits per heavy atom. The SMILES string of the molecule is O=C(CSc1cc(N2CCOCC2)ncn1)Nc1ccccc1C(F)(F)F. The van der Waals surface area contributed by atoms with Crippen LogP contribution >= 0.6 is 11.8 Å². The molecule has 10 heteroatoms. The third-order valence-electron chi connectivity index (χ3n) is 3.82. The van der Waals surface area contributed by atoms with E-state index >= 15 is 0 Å². The number of aromatic nitrogens is 2. The van der Waals surface area contributed by atoms with Crippen molar-refractivity contribution in [3.63, 3.8) is 0 Å². The lowest BCUT2D eigenvalue weighted by atomic mass is 10.1. The van der Waals surface area contributed by atoms with E-state index in [1.807, 2.05) is 0 Å². The van der Waals surface area contributed by atoms with Crippen LogP contribution in [0.25, 0.3) is 0 Å². The highest BCUT2D eigenvalue weighted by molar-refractivity contribution is 7.99. The lowest BCUT2D eigenvalue weighted by Gasteiger charge is -2.27. The summed E-state index contributed by atoms with van der Waals surface area (Å²) in [6.45, 7) is 2.67. The first-order valence-corrected chi connectivity index (χ1v) is 9.15. The molecule has 1 aromatic heterocycles. The van der Waals surface area contributed by atoms with E-state index in [0.29, 0.717) is 18.2 Å². The summed E-state index contributed by atoms with van der Waals surface area (Å²) in [5, 5.41) is 2.89. The van der Waals surface area contributed by atoms with Gasteiger partial charge in [0.1, 0.15) is 17.2 Å². The molecule has 1 amide bonds. The zero-order chi connectivity index (χ0) is 19.3. The van der Waals surface area contributed by atoms with Gasteiger partial charge in [-0.25, -0.2) is 9.97 Å². The van der Waals surface area contributed by atoms with E-state index in [0.717, 1.165) is 36.7 Å². The minimum Gasteiger partial charge on any atom is -0.378 e. The predicted octanol–water partition coefficient (Wildman–Crippen LogP) is 3.06. The monoisotopic (exact) mass is 398 g/mol. The number of nitrogens with zero attached hydrogens (tertiary/aromatic N) is 3. The van der Waals surface area contributed by atoms with Crippen LogP contribution in [-0.2, 0) is 15.7 Å². The van der Waals surface area contributed by atoms with Crippen LogP contribution in [0.15, 0.2) is 41.7 Å². The summed E-state index contributed by atoms with van der Waals surface area (Å²) in [6, 6.07) is 6.64. The van der Waals surface area contributed by atoms with Crippen molar-refractivity contribution in [3.8, 4) is 0 Å². The van der Waals surface area contributed by atoms with E-state index in [4.69, 9.17) is 4.74 Å². The van der Waals surface area contributed by atoms with Gasteiger partial charge in [0.25, 0.3) is 0 Å². The highest BCUT2D eigenvalue weighted by Crippen LogP contribution is 2.34. The van der Waals surface area contributed by atoms with Gasteiger partial charge in [0.15, 0.2) is 0 Å². The number of morpholine rings is 1. The zero-order valence-corrected chi connectivity index (χ0v) is 15.0. The third-order valence-corrected chi connectivity index (χ3v) is 4.75. The quantitative estimate of drug-likeness (QED) is 0.617. The number of rotatable bonds is 5. The third kappa shape index (κ3) is 5.33. The minimum atomic E-state index is -4.53. The van der Waals surface area contributed by atoms with Crippen molar-refractivity contribution in [1.29, 1.82) is 0 Å². The number of ether oxygens (including phenoxy) is 1. The predicted molar refractivity (Wildman–Crippen MR) is 95.9 cm³/mol. The summed E-state index contributed by atoms with van der Waals surface area (Å²) < 4.78 is 44.2. The van der Waals surface area contributed by atoms with Crippen LogP contribution in [0.3, 0.4) is 0 Å². The summed E-state index contributed by atoms with van der Waals surface area (Å²) in [5.41, 5.74) is -1.13. The molecule has 2 aromatic rings. The molecule has 1 N–H and O–H groups in total. The Balaban J connectivity index is 1.60. The van der Waals surface area contributed by atoms with Gasteiger partial charge in [-0.2, -0.15) is 13.2 Å². The molecule has 1 aliphatic heterocycles. The molecular formula is C17H17F3N4O2S. The van der Waals surface area contributed by atoms with Crippen molar-refractivity contribution in [2.45, 2.75) is 11.2 Å². The van der Waals surface area contributed by atoms with Crippen LogP contribution in [0.5, 0.6) is 0 Å². The number of carbonyl (C=O) groups excluding carboxylic acids is 1. The number of hydrogen-bond donors (Lipinski definition) is 1. The summed E-state index contributed by atoms with van der Waals surface area (Å²) in [4.78, 5) is 22.5. The number of benzene rings is 1. The Kier molecular flexibility index (Phi) is 6.17. The number of halogens is 3. The van der Waals surface area contributed by atoms with Crippen LogP contribution in [-0.4, -0.2) is 47.9 Å². The van der Waals surface area contributed by atoms with Crippen LogP contribution < -0.4 is 10.2 Å². The van der Waals surface area contributed by atoms with Crippen LogP contribution in [0, 0.1) is 0 Å². The second-order valence-corrected chi connectivity index (χ2v) is 6.69. The molecule has 0 spiro atoms. The molecule has 1 aromatic carbocycles. The van der Waals surface area contributed by atoms with Crippen molar-refractivity contribution in [3.05, 3.63) is 42.2 Å². The maximum absolute atomic E-state index is 13.0. The Morgan fingerprint density at radius 2 is 1.96 bits per heavy atom. The number of amides is 1. The average molecular weight is 398 g/mol. The molecule has 0 unspecified atom stereocenters. The molecule has 1 fully saturated rings. The van der Waals surface area contributed by atoms with Gasteiger partial charge < -0.3 is 15.0 Å². The first-order chi connectivity index (χ1) is 12.9. The molecule has 2 heterocycles. The smallest absolute Gasteiger partial charge is 0.378 e. The van der Waals surface area contributed by atoms with Gasteiger partial charge in [-0.15, -0.1) is 0 Å². The molecule has 144 valence electrons. The molecule has 0 radical (unpaired) electrons. The van der Waals surface area contributed by atoms with E-state index in [9.17, 15) is 18.0 Å². The Bertz CT molecular complexity index is 798. The molecule has 0 aliphatic carbocycles. The molecule has 0 saturated carbocycles. The highest BCUT2D eigenvalue weighted by atomic mass is 32.2. The number of para-hydroxylation sites is 1. The fraction of sp³-hybridized carbons (Fsp3) is 0.353. The first kappa shape index (κ1) is 19.4. The lowest BCUT2D eigenvalue weighted by Crippen LogP contribution is -2.36. The largest absolute Gasteiger partial charge is 0.418 e. The van der Waals surface area contributed by atoms with Gasteiger partial charge >= 0.3 is 6.18 Å². The van der Waals surface area contributed by atoms with Gasteiger partial charge in [0, 0.05) is 19.2 Å². The van der Waals surface area contributed by atoms with Gasteiger partial charge in [-0.05, 0) is 12.1 Å². The normalized spacial score (nSPS) is 14.9. The molecule has 3 rings (SSSR count). The second-order valence-electron chi connectivity index (χ2n) is 5.69. The van der Waals surface area contributed by atoms with E-state index in [-0.39, 0.29) is 11.4 Å². The topological polar surface area (TPSA) is 67.4 Å². The van der Waals surface area contributed by atoms with Crippen LogP contribution in [0.2, 0.25) is 0 Å². The van der Waals surface area contributed by atoms with Gasteiger partial charge in [-0.3, -0.25) is 4.79 Å². The summed E-state index contributed by atoms with van der Waals surface area (Å²) >= 11 is 1.14.